The molecule has 6 heteroatoms. The van der Waals surface area contributed by atoms with Crippen LogP contribution in [0.15, 0.2) is 78.9 Å². The van der Waals surface area contributed by atoms with Crippen LogP contribution in [0.4, 0.5) is 0 Å². The molecule has 1 unspecified atom stereocenters. The summed E-state index contributed by atoms with van der Waals surface area (Å²) in [4.78, 5) is 11.4. The topological polar surface area (TPSA) is 81.8 Å². The van der Waals surface area contributed by atoms with E-state index in [2.05, 4.69) is 0 Å². The van der Waals surface area contributed by atoms with Crippen molar-refractivity contribution in [2.75, 3.05) is 20.0 Å². The maximum atomic E-state index is 11.4. The number of carbonyl (C=O) groups is 1. The van der Waals surface area contributed by atoms with Gasteiger partial charge in [-0.2, -0.15) is 0 Å². The molecule has 0 saturated carbocycles. The third kappa shape index (κ3) is 4.45. The van der Waals surface area contributed by atoms with E-state index in [4.69, 9.17) is 15.2 Å². The Bertz CT molecular complexity index is 911. The van der Waals surface area contributed by atoms with E-state index in [9.17, 15) is 9.90 Å². The number of nitrogens with two attached hydrogens (primary N) is 1. The average Bonchev–Trinajstić information content (AvgIpc) is 2.80. The Labute approximate surface area is 180 Å². The first-order chi connectivity index (χ1) is 14.5. The Balaban J connectivity index is 2.21. The molecular formula is C24H25NO4S. The van der Waals surface area contributed by atoms with Crippen molar-refractivity contribution in [2.45, 2.75) is 10.8 Å². The summed E-state index contributed by atoms with van der Waals surface area (Å²) >= 11 is 1.50. The second kappa shape index (κ2) is 9.69. The van der Waals surface area contributed by atoms with E-state index in [1.165, 1.54) is 11.8 Å². The summed E-state index contributed by atoms with van der Waals surface area (Å²) in [6.07, 6.45) is 0. The maximum absolute atomic E-state index is 11.4. The Morgan fingerprint density at radius 2 is 1.30 bits per heavy atom. The highest BCUT2D eigenvalue weighted by Gasteiger charge is 2.38. The zero-order valence-electron chi connectivity index (χ0n) is 16.9. The van der Waals surface area contributed by atoms with Gasteiger partial charge in [0.25, 0.3) is 0 Å². The van der Waals surface area contributed by atoms with Crippen LogP contribution in [0.25, 0.3) is 0 Å². The van der Waals surface area contributed by atoms with Gasteiger partial charge in [0.2, 0.25) is 0 Å². The molecule has 0 amide bonds. The molecule has 0 fully saturated rings. The van der Waals surface area contributed by atoms with Gasteiger partial charge in [-0.05, 0) is 41.0 Å². The first kappa shape index (κ1) is 21.7. The Kier molecular flexibility index (Phi) is 7.03. The summed E-state index contributed by atoms with van der Waals surface area (Å²) in [7, 11) is 3.26. The summed E-state index contributed by atoms with van der Waals surface area (Å²) in [6, 6.07) is 24.7. The zero-order valence-corrected chi connectivity index (χ0v) is 17.8. The van der Waals surface area contributed by atoms with Gasteiger partial charge in [0.1, 0.15) is 17.5 Å². The predicted molar refractivity (Wildman–Crippen MR) is 120 cm³/mol. The van der Waals surface area contributed by atoms with Crippen molar-refractivity contribution in [3.63, 3.8) is 0 Å². The molecule has 0 aliphatic carbocycles. The summed E-state index contributed by atoms with van der Waals surface area (Å²) in [5.74, 6) is 0.724. The van der Waals surface area contributed by atoms with Crippen LogP contribution in [0, 0.1) is 0 Å². The van der Waals surface area contributed by atoms with Crippen molar-refractivity contribution < 1.29 is 19.4 Å². The molecular weight excluding hydrogens is 398 g/mol. The van der Waals surface area contributed by atoms with Gasteiger partial charge >= 0.3 is 5.97 Å². The van der Waals surface area contributed by atoms with Crippen molar-refractivity contribution in [1.82, 2.24) is 0 Å². The third-order valence-corrected chi connectivity index (χ3v) is 6.64. The summed E-state index contributed by atoms with van der Waals surface area (Å²) in [5, 5.41) is 9.36. The first-order valence-electron chi connectivity index (χ1n) is 9.48. The largest absolute Gasteiger partial charge is 0.497 e. The number of ether oxygens (including phenoxy) is 2. The standard InChI is InChI=1S/C24H25NO4S/c1-28-20-12-8-18(9-13-20)24(17-6-4-3-5-7-17,30-16-22(25)23(26)27)19-10-14-21(29-2)15-11-19/h3-15,22H,16,25H2,1-2H3,(H,26,27). The summed E-state index contributed by atoms with van der Waals surface area (Å²) in [5.41, 5.74) is 8.92. The molecule has 0 aliphatic rings. The van der Waals surface area contributed by atoms with E-state index < -0.39 is 16.8 Å². The second-order valence-electron chi connectivity index (χ2n) is 6.76. The first-order valence-corrected chi connectivity index (χ1v) is 10.5. The quantitative estimate of drug-likeness (QED) is 0.504. The number of rotatable bonds is 9. The number of thioether (sulfide) groups is 1. The van der Waals surface area contributed by atoms with E-state index in [1.54, 1.807) is 14.2 Å². The fourth-order valence-electron chi connectivity index (χ4n) is 3.36. The molecule has 0 spiro atoms. The number of methoxy groups -OCH3 is 2. The number of carboxylic acids is 1. The van der Waals surface area contributed by atoms with Gasteiger partial charge in [0, 0.05) is 5.75 Å². The molecule has 1 atom stereocenters. The lowest BCUT2D eigenvalue weighted by atomic mass is 9.84. The summed E-state index contributed by atoms with van der Waals surface area (Å²) in [6.45, 7) is 0. The van der Waals surface area contributed by atoms with Gasteiger partial charge in [-0.15, -0.1) is 11.8 Å². The molecule has 156 valence electrons. The van der Waals surface area contributed by atoms with Crippen molar-refractivity contribution in [3.8, 4) is 11.5 Å². The Morgan fingerprint density at radius 1 is 0.867 bits per heavy atom. The molecule has 3 rings (SSSR count). The smallest absolute Gasteiger partial charge is 0.321 e. The number of aliphatic carboxylic acids is 1. The van der Waals surface area contributed by atoms with Gasteiger partial charge in [-0.1, -0.05) is 54.6 Å². The predicted octanol–water partition coefficient (Wildman–Crippen LogP) is 4.14. The van der Waals surface area contributed by atoms with Crippen LogP contribution in [0.1, 0.15) is 16.7 Å². The third-order valence-electron chi connectivity index (χ3n) is 4.97. The maximum Gasteiger partial charge on any atom is 0.321 e. The number of benzene rings is 3. The molecule has 0 radical (unpaired) electrons. The molecule has 30 heavy (non-hydrogen) atoms. The van der Waals surface area contributed by atoms with Crippen LogP contribution >= 0.6 is 11.8 Å². The Morgan fingerprint density at radius 3 is 1.70 bits per heavy atom. The molecule has 3 aromatic rings. The summed E-state index contributed by atoms with van der Waals surface area (Å²) < 4.78 is 10.0. The average molecular weight is 424 g/mol. The lowest BCUT2D eigenvalue weighted by molar-refractivity contribution is -0.137. The number of hydrogen-bond donors (Lipinski definition) is 2. The van der Waals surface area contributed by atoms with Crippen LogP contribution in [0.5, 0.6) is 11.5 Å². The van der Waals surface area contributed by atoms with Crippen molar-refractivity contribution in [1.29, 1.82) is 0 Å². The van der Waals surface area contributed by atoms with Crippen LogP contribution in [-0.4, -0.2) is 37.1 Å². The van der Waals surface area contributed by atoms with Gasteiger partial charge in [-0.3, -0.25) is 4.79 Å². The number of hydrogen-bond acceptors (Lipinski definition) is 5. The van der Waals surface area contributed by atoms with Crippen molar-refractivity contribution in [2.24, 2.45) is 5.73 Å². The molecule has 0 aromatic heterocycles. The Hall–Kier alpha value is -2.96. The minimum Gasteiger partial charge on any atom is -0.497 e. The van der Waals surface area contributed by atoms with E-state index >= 15 is 0 Å². The van der Waals surface area contributed by atoms with Crippen LogP contribution in [0.2, 0.25) is 0 Å². The minimum atomic E-state index is -1.02. The van der Waals surface area contributed by atoms with E-state index in [0.29, 0.717) is 0 Å². The fourth-order valence-corrected chi connectivity index (χ4v) is 4.84. The highest BCUT2D eigenvalue weighted by atomic mass is 32.2. The second-order valence-corrected chi connectivity index (χ2v) is 7.99. The molecule has 0 heterocycles. The molecule has 5 nitrogen and oxygen atoms in total. The molecule has 0 aliphatic heterocycles. The van der Waals surface area contributed by atoms with Gasteiger partial charge in [0.15, 0.2) is 0 Å². The molecule has 3 aromatic carbocycles. The van der Waals surface area contributed by atoms with Crippen LogP contribution in [-0.2, 0) is 9.54 Å². The number of carboxylic acid groups (broad SMARTS) is 1. The molecule has 0 bridgehead atoms. The lowest BCUT2D eigenvalue weighted by Gasteiger charge is -2.36. The SMILES string of the molecule is COc1ccc(C(SCC(N)C(=O)O)(c2ccccc2)c2ccc(OC)cc2)cc1. The van der Waals surface area contributed by atoms with Gasteiger partial charge < -0.3 is 20.3 Å². The van der Waals surface area contributed by atoms with Gasteiger partial charge in [-0.25, -0.2) is 0 Å². The van der Waals surface area contributed by atoms with Crippen LogP contribution in [0.3, 0.4) is 0 Å². The van der Waals surface area contributed by atoms with Crippen molar-refractivity contribution >= 4 is 17.7 Å². The van der Waals surface area contributed by atoms with E-state index in [1.807, 2.05) is 78.9 Å². The van der Waals surface area contributed by atoms with Crippen molar-refractivity contribution in [3.05, 3.63) is 95.6 Å². The molecule has 0 saturated heterocycles. The fraction of sp³-hybridized carbons (Fsp3) is 0.208. The molecule has 3 N–H and O–H groups in total. The normalized spacial score (nSPS) is 12.2. The highest BCUT2D eigenvalue weighted by molar-refractivity contribution is 8.00. The minimum absolute atomic E-state index is 0.238. The van der Waals surface area contributed by atoms with E-state index in [0.717, 1.165) is 28.2 Å². The zero-order chi connectivity index (χ0) is 21.6. The lowest BCUT2D eigenvalue weighted by Crippen LogP contribution is -2.36. The van der Waals surface area contributed by atoms with Crippen LogP contribution < -0.4 is 15.2 Å². The van der Waals surface area contributed by atoms with Gasteiger partial charge in [0.05, 0.1) is 19.0 Å². The van der Waals surface area contributed by atoms with E-state index in [-0.39, 0.29) is 5.75 Å². The monoisotopic (exact) mass is 423 g/mol. The highest BCUT2D eigenvalue weighted by Crippen LogP contribution is 2.49.